The monoisotopic (exact) mass is 612 g/mol. The molecule has 1 aliphatic rings. The molecule has 0 saturated carbocycles. The first-order chi connectivity index (χ1) is 19.6. The molecule has 206 valence electrons. The van der Waals surface area contributed by atoms with E-state index in [1.54, 1.807) is 0 Å². The van der Waals surface area contributed by atoms with Gasteiger partial charge in [0.1, 0.15) is 0 Å². The molecule has 5 aromatic carbocycles. The molecule has 0 heterocycles. The van der Waals surface area contributed by atoms with Gasteiger partial charge in [0, 0.05) is 0 Å². The third-order valence-corrected chi connectivity index (χ3v) is 7.93. The molecular weight excluding hydrogens is 572 g/mol. The van der Waals surface area contributed by atoms with Crippen LogP contribution in [0, 0.1) is 6.08 Å². The van der Waals surface area contributed by atoms with Crippen LogP contribution in [0.25, 0.3) is 27.1 Å². The summed E-state index contributed by atoms with van der Waals surface area (Å²) >= 11 is 1.51. The van der Waals surface area contributed by atoms with Crippen molar-refractivity contribution in [2.24, 2.45) is 0 Å². The predicted octanol–water partition coefficient (Wildman–Crippen LogP) is 10.7. The van der Waals surface area contributed by atoms with Gasteiger partial charge in [0.2, 0.25) is 0 Å². The molecule has 0 nitrogen and oxygen atoms in total. The van der Waals surface area contributed by atoms with Gasteiger partial charge in [-0.2, -0.15) is 11.6 Å². The van der Waals surface area contributed by atoms with Gasteiger partial charge >= 0.3 is 70.3 Å². The molecule has 0 amide bonds. The predicted molar refractivity (Wildman–Crippen MR) is 178 cm³/mol. The first-order valence-electron chi connectivity index (χ1n) is 14.6. The van der Waals surface area contributed by atoms with Gasteiger partial charge in [-0.25, -0.2) is 6.08 Å². The number of fused-ring (bicyclic) bond motifs is 3. The average Bonchev–Trinajstić information content (AvgIpc) is 3.62. The van der Waals surface area contributed by atoms with Crippen molar-refractivity contribution in [3.63, 3.8) is 0 Å². The quantitative estimate of drug-likeness (QED) is 0.178. The molecule has 5 aromatic rings. The Morgan fingerprint density at radius 1 is 0.707 bits per heavy atom. The van der Waals surface area contributed by atoms with Crippen LogP contribution in [-0.2, 0) is 41.5 Å². The van der Waals surface area contributed by atoms with Gasteiger partial charge in [0.05, 0.1) is 0 Å². The fourth-order valence-electron chi connectivity index (χ4n) is 4.89. The molecule has 0 N–H and O–H groups in total. The summed E-state index contributed by atoms with van der Waals surface area (Å²) in [5.74, 6) is 0. The van der Waals surface area contributed by atoms with Crippen molar-refractivity contribution in [3.05, 3.63) is 144 Å². The molecule has 1 heteroatoms. The summed E-state index contributed by atoms with van der Waals surface area (Å²) in [5, 5.41) is 5.49. The van der Waals surface area contributed by atoms with E-state index in [0.29, 0.717) is 0 Å². The van der Waals surface area contributed by atoms with E-state index in [1.165, 1.54) is 73.6 Å². The summed E-state index contributed by atoms with van der Waals surface area (Å²) < 4.78 is 2.25. The molecule has 0 saturated heterocycles. The summed E-state index contributed by atoms with van der Waals surface area (Å²) in [6.45, 7) is 13.7. The summed E-state index contributed by atoms with van der Waals surface area (Å²) in [6.07, 6.45) is 9.48. The Bertz CT molecular complexity index is 1560. The van der Waals surface area contributed by atoms with E-state index in [4.69, 9.17) is 0 Å². The number of benzene rings is 4. The van der Waals surface area contributed by atoms with Gasteiger partial charge in [-0.1, -0.05) is 107 Å². The summed E-state index contributed by atoms with van der Waals surface area (Å²) in [7, 11) is 0. The molecule has 0 radical (unpaired) electrons. The third kappa shape index (κ3) is 8.50. The van der Waals surface area contributed by atoms with Gasteiger partial charge < -0.3 is 0 Å². The Kier molecular flexibility index (Phi) is 10.4. The van der Waals surface area contributed by atoms with Crippen LogP contribution in [0.3, 0.4) is 0 Å². The first-order valence-corrected chi connectivity index (χ1v) is 16.0. The topological polar surface area (TPSA) is 0 Å². The van der Waals surface area contributed by atoms with Crippen LogP contribution >= 0.6 is 0 Å². The normalized spacial score (nSPS) is 12.8. The van der Waals surface area contributed by atoms with E-state index in [9.17, 15) is 0 Å². The van der Waals surface area contributed by atoms with E-state index >= 15 is 0 Å². The van der Waals surface area contributed by atoms with Crippen LogP contribution in [0.1, 0.15) is 70.2 Å². The van der Waals surface area contributed by atoms with Crippen LogP contribution in [-0.4, -0.2) is 3.71 Å². The first kappa shape index (κ1) is 30.9. The van der Waals surface area contributed by atoms with E-state index in [0.717, 1.165) is 12.8 Å². The molecule has 0 aliphatic heterocycles. The maximum atomic E-state index is 3.15. The average molecular weight is 614 g/mol. The van der Waals surface area contributed by atoms with Crippen molar-refractivity contribution < 1.29 is 24.2 Å². The zero-order valence-corrected chi connectivity index (χ0v) is 27.9. The second-order valence-corrected chi connectivity index (χ2v) is 13.7. The molecule has 0 aromatic heterocycles. The Morgan fingerprint density at radius 2 is 1.22 bits per heavy atom. The molecular formula is C40H42Zr. The molecule has 0 spiro atoms. The van der Waals surface area contributed by atoms with Gasteiger partial charge in [0.25, 0.3) is 0 Å². The third-order valence-electron chi connectivity index (χ3n) is 7.42. The van der Waals surface area contributed by atoms with E-state index < -0.39 is 0 Å². The number of hydrogen-bond acceptors (Lipinski definition) is 0. The van der Waals surface area contributed by atoms with Crippen LogP contribution in [0.4, 0.5) is 0 Å². The van der Waals surface area contributed by atoms with Crippen LogP contribution in [0.5, 0.6) is 0 Å². The summed E-state index contributed by atoms with van der Waals surface area (Å²) in [5.41, 5.74) is 7.20. The number of allylic oxidation sites excluding steroid dienone is 4. The fourth-order valence-corrected chi connectivity index (χ4v) is 5.47. The SMILES string of the molecule is CC(C)(C)c1ccc2[cH-]c3ccc(C(C)(C)C)cc3c2c1.[C-]1=CC(c2ccccc2)=CC1.[Zr+2]=[CH]Cc1ccccc1. The van der Waals surface area contributed by atoms with Gasteiger partial charge in [-0.3, -0.25) is 6.08 Å². The van der Waals surface area contributed by atoms with Crippen LogP contribution in [0.2, 0.25) is 0 Å². The maximum absolute atomic E-state index is 3.15. The van der Waals surface area contributed by atoms with Gasteiger partial charge in [0.15, 0.2) is 0 Å². The standard InChI is InChI=1S/C21H25.C11H9.C8H8.Zr/c1-20(2,3)16-9-7-14-11-15-8-10-17(21(4,5)6)13-19(15)18(14)12-16;1-2-6-10(7-3-1)11-8-4-5-9-11;1-2-8-6-4-3-5-7-8;/h7-13H,1-6H3;1-3,6-9H,4H2;1,3-7H,2H2;/q2*-1;;+2. The Labute approximate surface area is 262 Å². The van der Waals surface area contributed by atoms with Gasteiger partial charge in [-0.15, -0.1) is 51.7 Å². The van der Waals surface area contributed by atoms with Crippen molar-refractivity contribution in [2.45, 2.75) is 65.2 Å². The van der Waals surface area contributed by atoms with Gasteiger partial charge in [-0.05, 0) is 10.8 Å². The Balaban J connectivity index is 0.000000161. The molecule has 0 bridgehead atoms. The second-order valence-electron chi connectivity index (χ2n) is 12.7. The number of rotatable bonds is 3. The van der Waals surface area contributed by atoms with E-state index in [2.05, 4.69) is 154 Å². The molecule has 1 aliphatic carbocycles. The minimum absolute atomic E-state index is 0.194. The van der Waals surface area contributed by atoms with Crippen molar-refractivity contribution in [3.8, 4) is 0 Å². The van der Waals surface area contributed by atoms with Crippen molar-refractivity contribution in [2.75, 3.05) is 0 Å². The van der Waals surface area contributed by atoms with Crippen molar-refractivity contribution in [1.82, 2.24) is 0 Å². The molecule has 6 rings (SSSR count). The van der Waals surface area contributed by atoms with Crippen LogP contribution < -0.4 is 0 Å². The Hall–Kier alpha value is -3.02. The Morgan fingerprint density at radius 3 is 1.66 bits per heavy atom. The van der Waals surface area contributed by atoms with E-state index in [1.807, 2.05) is 12.1 Å². The second kappa shape index (κ2) is 13.8. The molecule has 0 fully saturated rings. The molecule has 41 heavy (non-hydrogen) atoms. The van der Waals surface area contributed by atoms with E-state index in [-0.39, 0.29) is 10.8 Å². The fraction of sp³-hybridized carbons (Fsp3) is 0.250. The van der Waals surface area contributed by atoms with Crippen molar-refractivity contribution >= 4 is 30.8 Å². The molecule has 0 unspecified atom stereocenters. The van der Waals surface area contributed by atoms with Crippen LogP contribution in [0.15, 0.2) is 115 Å². The zero-order valence-electron chi connectivity index (χ0n) is 25.5. The van der Waals surface area contributed by atoms with Crippen molar-refractivity contribution in [1.29, 1.82) is 0 Å². The summed E-state index contributed by atoms with van der Waals surface area (Å²) in [4.78, 5) is 0. The minimum atomic E-state index is 0.194. The number of hydrogen-bond donors (Lipinski definition) is 0. The zero-order chi connectivity index (χ0) is 29.5. The summed E-state index contributed by atoms with van der Waals surface area (Å²) in [6, 6.07) is 37.0. The molecule has 0 atom stereocenters.